The molecule has 0 amide bonds. The van der Waals surface area contributed by atoms with Crippen LogP contribution >= 0.6 is 11.8 Å². The number of aromatic amines is 1. The van der Waals surface area contributed by atoms with E-state index in [-0.39, 0.29) is 5.78 Å². The smallest absolute Gasteiger partial charge is 0.155 e. The predicted molar refractivity (Wildman–Crippen MR) is 93.6 cm³/mol. The van der Waals surface area contributed by atoms with Crippen molar-refractivity contribution in [2.45, 2.75) is 30.1 Å². The third-order valence-electron chi connectivity index (χ3n) is 3.20. The van der Waals surface area contributed by atoms with Crippen LogP contribution in [0.15, 0.2) is 52.4 Å². The largest absolute Gasteiger partial charge is 0.322 e. The number of carbonyl (C=O) groups excluding carboxylic acids is 1. The molecule has 0 aliphatic carbocycles. The van der Waals surface area contributed by atoms with Crippen LogP contribution in [-0.2, 0) is 11.2 Å². The molecule has 0 aliphatic rings. The van der Waals surface area contributed by atoms with Gasteiger partial charge in [-0.2, -0.15) is 10.2 Å². The normalized spacial score (nSPS) is 10.6. The van der Waals surface area contributed by atoms with Crippen molar-refractivity contribution in [1.29, 1.82) is 0 Å². The maximum Gasteiger partial charge on any atom is 0.155 e. The number of carbonyl (C=O) groups is 1. The molecule has 24 heavy (non-hydrogen) atoms. The molecule has 1 aromatic carbocycles. The summed E-state index contributed by atoms with van der Waals surface area (Å²) in [5, 5.41) is 18.2. The van der Waals surface area contributed by atoms with E-state index in [1.165, 1.54) is 0 Å². The van der Waals surface area contributed by atoms with Gasteiger partial charge in [-0.1, -0.05) is 23.9 Å². The molecule has 0 spiro atoms. The molecular formula is C17H17N5OS. The number of aromatic nitrogens is 4. The van der Waals surface area contributed by atoms with Crippen molar-refractivity contribution in [3.05, 3.63) is 53.9 Å². The summed E-state index contributed by atoms with van der Waals surface area (Å²) in [6.07, 6.45) is 2.19. The molecule has 0 unspecified atom stereocenters. The van der Waals surface area contributed by atoms with Crippen molar-refractivity contribution in [1.82, 2.24) is 20.4 Å². The first-order valence-corrected chi connectivity index (χ1v) is 8.28. The van der Waals surface area contributed by atoms with Gasteiger partial charge in [0.25, 0.3) is 0 Å². The average molecular weight is 339 g/mol. The summed E-state index contributed by atoms with van der Waals surface area (Å²) >= 11 is 1.59. The molecule has 122 valence electrons. The van der Waals surface area contributed by atoms with Gasteiger partial charge >= 0.3 is 0 Å². The van der Waals surface area contributed by atoms with Crippen LogP contribution in [0.1, 0.15) is 18.2 Å². The molecule has 7 heteroatoms. The number of nitrogens with one attached hydrogen (secondary N) is 2. The summed E-state index contributed by atoms with van der Waals surface area (Å²) in [4.78, 5) is 13.2. The van der Waals surface area contributed by atoms with Crippen LogP contribution in [0.2, 0.25) is 0 Å². The van der Waals surface area contributed by atoms with Crippen molar-refractivity contribution in [3.63, 3.8) is 0 Å². The third kappa shape index (κ3) is 4.42. The molecule has 0 saturated heterocycles. The minimum atomic E-state index is 0.165. The maximum absolute atomic E-state index is 11.1. The number of rotatable bonds is 6. The molecule has 0 atom stereocenters. The van der Waals surface area contributed by atoms with Crippen LogP contribution in [0.25, 0.3) is 0 Å². The summed E-state index contributed by atoms with van der Waals surface area (Å²) in [5.41, 5.74) is 2.00. The summed E-state index contributed by atoms with van der Waals surface area (Å²) in [7, 11) is 0. The number of nitrogens with zero attached hydrogens (tertiary/aromatic N) is 3. The molecular weight excluding hydrogens is 322 g/mol. The Bertz CT molecular complexity index is 844. The van der Waals surface area contributed by atoms with E-state index in [0.29, 0.717) is 18.1 Å². The quantitative estimate of drug-likeness (QED) is 0.715. The topological polar surface area (TPSA) is 83.6 Å². The number of aryl methyl sites for hydroxylation is 1. The van der Waals surface area contributed by atoms with Gasteiger partial charge in [-0.05, 0) is 37.6 Å². The summed E-state index contributed by atoms with van der Waals surface area (Å²) in [5.74, 6) is 1.51. The standard InChI is InChI=1S/C17H17N5OS/c1-11-7-16(22-20-11)19-17-9-15(10-18-21-17)24-14-5-3-13(4-6-14)8-12(2)23/h3-7,9-10H,8H2,1-2H3,(H2,19,20,21,22). The first kappa shape index (κ1) is 16.2. The van der Waals surface area contributed by atoms with Gasteiger partial charge in [0.15, 0.2) is 11.6 Å². The molecule has 2 aromatic heterocycles. The minimum Gasteiger partial charge on any atom is -0.322 e. The highest BCUT2D eigenvalue weighted by Gasteiger charge is 2.04. The number of benzene rings is 1. The third-order valence-corrected chi connectivity index (χ3v) is 4.17. The molecule has 0 bridgehead atoms. The Labute approximate surface area is 144 Å². The predicted octanol–water partition coefficient (Wildman–Crippen LogP) is 3.53. The highest BCUT2D eigenvalue weighted by Crippen LogP contribution is 2.28. The van der Waals surface area contributed by atoms with Gasteiger partial charge in [0, 0.05) is 28.0 Å². The molecule has 0 saturated carbocycles. The fourth-order valence-corrected chi connectivity index (χ4v) is 2.99. The Morgan fingerprint density at radius 1 is 1.17 bits per heavy atom. The summed E-state index contributed by atoms with van der Waals surface area (Å²) in [6.45, 7) is 3.53. The first-order valence-electron chi connectivity index (χ1n) is 7.46. The average Bonchev–Trinajstić information content (AvgIpc) is 2.94. The fourth-order valence-electron chi connectivity index (χ4n) is 2.18. The fraction of sp³-hybridized carbons (Fsp3) is 0.176. The van der Waals surface area contributed by atoms with Crippen LogP contribution in [0, 0.1) is 6.92 Å². The summed E-state index contributed by atoms with van der Waals surface area (Å²) < 4.78 is 0. The number of H-pyrrole nitrogens is 1. The Morgan fingerprint density at radius 3 is 2.62 bits per heavy atom. The Kier molecular flexibility index (Phi) is 4.90. The molecule has 3 rings (SSSR count). The maximum atomic E-state index is 11.1. The van der Waals surface area contributed by atoms with Gasteiger partial charge in [-0.15, -0.1) is 5.10 Å². The second kappa shape index (κ2) is 7.27. The van der Waals surface area contributed by atoms with Crippen LogP contribution in [0.3, 0.4) is 0 Å². The molecule has 3 aromatic rings. The van der Waals surface area contributed by atoms with Crippen molar-refractivity contribution >= 4 is 29.2 Å². The zero-order valence-electron chi connectivity index (χ0n) is 13.4. The van der Waals surface area contributed by atoms with Gasteiger partial charge in [0.05, 0.1) is 6.20 Å². The molecule has 0 aliphatic heterocycles. The SMILES string of the molecule is CC(=O)Cc1ccc(Sc2cnnc(Nc3cc(C)[nH]n3)c2)cc1. The molecule has 2 heterocycles. The second-order valence-electron chi connectivity index (χ2n) is 5.46. The lowest BCUT2D eigenvalue weighted by molar-refractivity contribution is -0.116. The molecule has 2 N–H and O–H groups in total. The zero-order valence-corrected chi connectivity index (χ0v) is 14.2. The molecule has 0 fully saturated rings. The van der Waals surface area contributed by atoms with Crippen LogP contribution < -0.4 is 5.32 Å². The Hall–Kier alpha value is -2.67. The minimum absolute atomic E-state index is 0.165. The van der Waals surface area contributed by atoms with Gasteiger partial charge in [-0.25, -0.2) is 0 Å². The van der Waals surface area contributed by atoms with Gasteiger partial charge < -0.3 is 5.32 Å². The van der Waals surface area contributed by atoms with E-state index in [9.17, 15) is 4.79 Å². The van der Waals surface area contributed by atoms with E-state index < -0.39 is 0 Å². The van der Waals surface area contributed by atoms with Crippen LogP contribution in [-0.4, -0.2) is 26.2 Å². The number of hydrogen-bond donors (Lipinski definition) is 2. The van der Waals surface area contributed by atoms with Crippen molar-refractivity contribution in [2.24, 2.45) is 0 Å². The highest BCUT2D eigenvalue weighted by molar-refractivity contribution is 7.99. The lowest BCUT2D eigenvalue weighted by Crippen LogP contribution is -1.96. The Balaban J connectivity index is 1.69. The second-order valence-corrected chi connectivity index (χ2v) is 6.61. The lowest BCUT2D eigenvalue weighted by atomic mass is 10.1. The summed E-state index contributed by atoms with van der Waals surface area (Å²) in [6, 6.07) is 11.8. The van der Waals surface area contributed by atoms with Gasteiger partial charge in [0.1, 0.15) is 5.78 Å². The van der Waals surface area contributed by atoms with E-state index in [4.69, 9.17) is 0 Å². The van der Waals surface area contributed by atoms with Gasteiger partial charge in [0.2, 0.25) is 0 Å². The lowest BCUT2D eigenvalue weighted by Gasteiger charge is -2.05. The number of hydrogen-bond acceptors (Lipinski definition) is 6. The van der Waals surface area contributed by atoms with E-state index in [2.05, 4.69) is 25.7 Å². The molecule has 6 nitrogen and oxygen atoms in total. The van der Waals surface area contributed by atoms with E-state index in [1.807, 2.05) is 43.3 Å². The monoisotopic (exact) mass is 339 g/mol. The van der Waals surface area contributed by atoms with Crippen LogP contribution in [0.5, 0.6) is 0 Å². The number of Topliss-reactive ketones (excluding diaryl/α,β-unsaturated/α-hetero) is 1. The van der Waals surface area contributed by atoms with Crippen molar-refractivity contribution < 1.29 is 4.79 Å². The van der Waals surface area contributed by atoms with Crippen LogP contribution in [0.4, 0.5) is 11.6 Å². The van der Waals surface area contributed by atoms with E-state index >= 15 is 0 Å². The first-order chi connectivity index (χ1) is 11.6. The van der Waals surface area contributed by atoms with E-state index in [1.54, 1.807) is 24.9 Å². The Morgan fingerprint density at radius 2 is 1.96 bits per heavy atom. The zero-order chi connectivity index (χ0) is 16.9. The van der Waals surface area contributed by atoms with Gasteiger partial charge in [-0.3, -0.25) is 9.89 Å². The number of ketones is 1. The van der Waals surface area contributed by atoms with E-state index in [0.717, 1.165) is 21.0 Å². The number of anilines is 2. The highest BCUT2D eigenvalue weighted by atomic mass is 32.2. The van der Waals surface area contributed by atoms with Crippen molar-refractivity contribution in [2.75, 3.05) is 5.32 Å². The van der Waals surface area contributed by atoms with Crippen molar-refractivity contribution in [3.8, 4) is 0 Å². The molecule has 0 radical (unpaired) electrons.